The van der Waals surface area contributed by atoms with Crippen molar-refractivity contribution in [3.63, 3.8) is 0 Å². The standard InChI is InChI=1S/C20H20ClN7/c1-12-9-13(2)28(25-12)18-10-17(22-11-23-18)24-20-14(3)19(26-27(20)4)15-5-7-16(21)8-6-15/h5-11H,1-4H3,(H,22,23,24). The molecule has 4 aromatic rings. The SMILES string of the molecule is Cc1cc(C)n(-c2cc(Nc3c(C)c(-c4ccc(Cl)cc4)nn3C)ncn2)n1. The quantitative estimate of drug-likeness (QED) is 0.556. The van der Waals surface area contributed by atoms with Crippen LogP contribution >= 0.6 is 11.6 Å². The molecule has 142 valence electrons. The highest BCUT2D eigenvalue weighted by molar-refractivity contribution is 6.30. The predicted molar refractivity (Wildman–Crippen MR) is 110 cm³/mol. The lowest BCUT2D eigenvalue weighted by molar-refractivity contribution is 0.777. The Balaban J connectivity index is 1.67. The molecule has 0 bridgehead atoms. The molecule has 0 aliphatic carbocycles. The van der Waals surface area contributed by atoms with Gasteiger partial charge >= 0.3 is 0 Å². The van der Waals surface area contributed by atoms with Gasteiger partial charge in [0.05, 0.1) is 11.4 Å². The first-order chi connectivity index (χ1) is 13.4. The summed E-state index contributed by atoms with van der Waals surface area (Å²) >= 11 is 6.00. The maximum atomic E-state index is 6.00. The fraction of sp³-hybridized carbons (Fsp3) is 0.200. The topological polar surface area (TPSA) is 73.5 Å². The molecule has 1 aromatic carbocycles. The first-order valence-electron chi connectivity index (χ1n) is 8.84. The van der Waals surface area contributed by atoms with Crippen LogP contribution in [0.1, 0.15) is 17.0 Å². The van der Waals surface area contributed by atoms with E-state index in [0.717, 1.165) is 34.0 Å². The first-order valence-corrected chi connectivity index (χ1v) is 9.22. The highest BCUT2D eigenvalue weighted by Crippen LogP contribution is 2.30. The molecule has 0 saturated heterocycles. The highest BCUT2D eigenvalue weighted by Gasteiger charge is 2.15. The van der Waals surface area contributed by atoms with Gasteiger partial charge in [-0.25, -0.2) is 14.6 Å². The number of aryl methyl sites for hydroxylation is 3. The smallest absolute Gasteiger partial charge is 0.159 e. The van der Waals surface area contributed by atoms with Crippen LogP contribution in [-0.4, -0.2) is 29.5 Å². The summed E-state index contributed by atoms with van der Waals surface area (Å²) in [6.45, 7) is 5.99. The third-order valence-electron chi connectivity index (χ3n) is 4.53. The molecule has 3 aromatic heterocycles. The molecule has 3 heterocycles. The van der Waals surface area contributed by atoms with Gasteiger partial charge in [-0.05, 0) is 39.0 Å². The van der Waals surface area contributed by atoms with Crippen LogP contribution < -0.4 is 5.32 Å². The normalized spacial score (nSPS) is 11.0. The van der Waals surface area contributed by atoms with Crippen molar-refractivity contribution in [2.45, 2.75) is 20.8 Å². The van der Waals surface area contributed by atoms with E-state index < -0.39 is 0 Å². The zero-order valence-corrected chi connectivity index (χ0v) is 16.9. The van der Waals surface area contributed by atoms with Gasteiger partial charge in [0, 0.05) is 35.0 Å². The fourth-order valence-electron chi connectivity index (χ4n) is 3.20. The van der Waals surface area contributed by atoms with Gasteiger partial charge in [0.15, 0.2) is 5.82 Å². The first kappa shape index (κ1) is 18.2. The van der Waals surface area contributed by atoms with Crippen LogP contribution in [0, 0.1) is 20.8 Å². The van der Waals surface area contributed by atoms with E-state index in [0.29, 0.717) is 16.7 Å². The van der Waals surface area contributed by atoms with Crippen LogP contribution in [0.2, 0.25) is 5.02 Å². The van der Waals surface area contributed by atoms with Gasteiger partial charge in [0.2, 0.25) is 0 Å². The highest BCUT2D eigenvalue weighted by atomic mass is 35.5. The fourth-order valence-corrected chi connectivity index (χ4v) is 3.33. The van der Waals surface area contributed by atoms with Crippen molar-refractivity contribution >= 4 is 23.2 Å². The molecule has 7 nitrogen and oxygen atoms in total. The molecule has 28 heavy (non-hydrogen) atoms. The van der Waals surface area contributed by atoms with Crippen molar-refractivity contribution in [1.82, 2.24) is 29.5 Å². The van der Waals surface area contributed by atoms with E-state index in [9.17, 15) is 0 Å². The van der Waals surface area contributed by atoms with Gasteiger partial charge in [0.25, 0.3) is 0 Å². The second kappa shape index (κ2) is 7.09. The van der Waals surface area contributed by atoms with Crippen LogP contribution in [0.25, 0.3) is 17.1 Å². The van der Waals surface area contributed by atoms with E-state index in [-0.39, 0.29) is 0 Å². The Labute approximate surface area is 168 Å². The molecule has 4 rings (SSSR count). The molecule has 0 saturated carbocycles. The summed E-state index contributed by atoms with van der Waals surface area (Å²) in [6.07, 6.45) is 1.53. The summed E-state index contributed by atoms with van der Waals surface area (Å²) < 4.78 is 3.61. The van der Waals surface area contributed by atoms with Crippen molar-refractivity contribution < 1.29 is 0 Å². The van der Waals surface area contributed by atoms with E-state index in [1.165, 1.54) is 6.33 Å². The Morgan fingerprint density at radius 2 is 1.71 bits per heavy atom. The van der Waals surface area contributed by atoms with Crippen molar-refractivity contribution in [3.05, 3.63) is 64.7 Å². The average molecular weight is 394 g/mol. The number of benzene rings is 1. The Bertz CT molecular complexity index is 1140. The van der Waals surface area contributed by atoms with Gasteiger partial charge in [0.1, 0.15) is 18.0 Å². The van der Waals surface area contributed by atoms with Crippen LogP contribution in [0.4, 0.5) is 11.6 Å². The molecule has 0 radical (unpaired) electrons. The zero-order valence-electron chi connectivity index (χ0n) is 16.1. The lowest BCUT2D eigenvalue weighted by Gasteiger charge is -2.09. The molecule has 0 fully saturated rings. The van der Waals surface area contributed by atoms with Gasteiger partial charge in [-0.1, -0.05) is 23.7 Å². The molecule has 8 heteroatoms. The van der Waals surface area contributed by atoms with E-state index in [1.807, 2.05) is 68.9 Å². The predicted octanol–water partition coefficient (Wildman–Crippen LogP) is 4.39. The van der Waals surface area contributed by atoms with Gasteiger partial charge in [-0.15, -0.1) is 0 Å². The van der Waals surface area contributed by atoms with Crippen molar-refractivity contribution in [1.29, 1.82) is 0 Å². The van der Waals surface area contributed by atoms with E-state index >= 15 is 0 Å². The second-order valence-corrected chi connectivity index (χ2v) is 7.11. The number of hydrogen-bond donors (Lipinski definition) is 1. The Hall–Kier alpha value is -3.19. The summed E-state index contributed by atoms with van der Waals surface area (Å²) in [5, 5.41) is 13.2. The number of nitrogens with one attached hydrogen (secondary N) is 1. The van der Waals surface area contributed by atoms with Crippen molar-refractivity contribution in [2.24, 2.45) is 7.05 Å². The minimum absolute atomic E-state index is 0.673. The average Bonchev–Trinajstić information content (AvgIpc) is 3.15. The maximum Gasteiger partial charge on any atom is 0.159 e. The molecule has 1 N–H and O–H groups in total. The van der Waals surface area contributed by atoms with E-state index in [4.69, 9.17) is 11.6 Å². The van der Waals surface area contributed by atoms with Crippen LogP contribution in [0.3, 0.4) is 0 Å². The molecule has 0 spiro atoms. The van der Waals surface area contributed by atoms with Crippen LogP contribution in [0.15, 0.2) is 42.7 Å². The molecular weight excluding hydrogens is 374 g/mol. The number of aromatic nitrogens is 6. The lowest BCUT2D eigenvalue weighted by Crippen LogP contribution is -2.06. The number of nitrogens with zero attached hydrogens (tertiary/aromatic N) is 6. The number of hydrogen-bond acceptors (Lipinski definition) is 5. The monoisotopic (exact) mass is 393 g/mol. The number of rotatable bonds is 4. The Kier molecular flexibility index (Phi) is 4.60. The van der Waals surface area contributed by atoms with Crippen molar-refractivity contribution in [3.8, 4) is 17.1 Å². The molecule has 0 amide bonds. The molecule has 0 unspecified atom stereocenters. The van der Waals surface area contributed by atoms with Gasteiger partial charge in [-0.2, -0.15) is 10.2 Å². The molecule has 0 atom stereocenters. The van der Waals surface area contributed by atoms with Crippen LogP contribution in [-0.2, 0) is 7.05 Å². The number of anilines is 2. The minimum Gasteiger partial charge on any atom is -0.325 e. The summed E-state index contributed by atoms with van der Waals surface area (Å²) in [4.78, 5) is 8.70. The Morgan fingerprint density at radius 1 is 0.964 bits per heavy atom. The van der Waals surface area contributed by atoms with Crippen LogP contribution in [0.5, 0.6) is 0 Å². The third-order valence-corrected chi connectivity index (χ3v) is 4.78. The third kappa shape index (κ3) is 3.36. The summed E-state index contributed by atoms with van der Waals surface area (Å²) in [5.74, 6) is 2.25. The van der Waals surface area contributed by atoms with E-state index in [2.05, 4.69) is 25.5 Å². The largest absolute Gasteiger partial charge is 0.325 e. The van der Waals surface area contributed by atoms with Crippen molar-refractivity contribution in [2.75, 3.05) is 5.32 Å². The summed E-state index contributed by atoms with van der Waals surface area (Å²) in [7, 11) is 1.90. The zero-order chi connectivity index (χ0) is 19.8. The minimum atomic E-state index is 0.673. The maximum absolute atomic E-state index is 6.00. The molecule has 0 aliphatic rings. The molecular formula is C20H20ClN7. The summed E-state index contributed by atoms with van der Waals surface area (Å²) in [6, 6.07) is 11.5. The number of halogens is 1. The molecule has 0 aliphatic heterocycles. The van der Waals surface area contributed by atoms with Gasteiger partial charge < -0.3 is 5.32 Å². The second-order valence-electron chi connectivity index (χ2n) is 6.68. The van der Waals surface area contributed by atoms with Gasteiger partial charge in [-0.3, -0.25) is 4.68 Å². The Morgan fingerprint density at radius 3 is 2.39 bits per heavy atom. The summed E-state index contributed by atoms with van der Waals surface area (Å²) in [5.41, 5.74) is 4.90. The lowest BCUT2D eigenvalue weighted by atomic mass is 10.1. The van der Waals surface area contributed by atoms with E-state index in [1.54, 1.807) is 4.68 Å².